The lowest BCUT2D eigenvalue weighted by atomic mass is 10.2. The standard InChI is InChI=1S/C17H25N3O4/c1-14(21)20(15-5-3-4-6-16(15)23-2)13-17(22)18-7-8-19-9-11-24-12-10-19/h3-6H,7-13H2,1-2H3,(H,18,22). The zero-order valence-electron chi connectivity index (χ0n) is 14.3. The molecule has 7 heteroatoms. The van der Waals surface area contributed by atoms with Gasteiger partial charge >= 0.3 is 0 Å². The minimum atomic E-state index is -0.206. The number of amides is 2. The van der Waals surface area contributed by atoms with Crippen LogP contribution in [0.2, 0.25) is 0 Å². The summed E-state index contributed by atoms with van der Waals surface area (Å²) in [5.74, 6) is 0.168. The van der Waals surface area contributed by atoms with Gasteiger partial charge in [-0.1, -0.05) is 12.1 Å². The summed E-state index contributed by atoms with van der Waals surface area (Å²) in [6.45, 7) is 5.99. The molecule has 1 saturated heterocycles. The van der Waals surface area contributed by atoms with Crippen molar-refractivity contribution in [1.82, 2.24) is 10.2 Å². The van der Waals surface area contributed by atoms with Crippen LogP contribution in [0.15, 0.2) is 24.3 Å². The van der Waals surface area contributed by atoms with Crippen LogP contribution in [0.3, 0.4) is 0 Å². The van der Waals surface area contributed by atoms with E-state index in [-0.39, 0.29) is 18.4 Å². The molecule has 0 aromatic heterocycles. The van der Waals surface area contributed by atoms with Crippen LogP contribution in [0.5, 0.6) is 5.75 Å². The summed E-state index contributed by atoms with van der Waals surface area (Å²) in [5, 5.41) is 2.87. The molecule has 0 spiro atoms. The van der Waals surface area contributed by atoms with Gasteiger partial charge in [0, 0.05) is 33.1 Å². The second-order valence-electron chi connectivity index (χ2n) is 5.58. The summed E-state index contributed by atoms with van der Waals surface area (Å²) in [7, 11) is 1.54. The van der Waals surface area contributed by atoms with Crippen molar-refractivity contribution in [3.05, 3.63) is 24.3 Å². The maximum absolute atomic E-state index is 12.2. The van der Waals surface area contributed by atoms with Crippen LogP contribution in [0.4, 0.5) is 5.69 Å². The highest BCUT2D eigenvalue weighted by Crippen LogP contribution is 2.27. The molecule has 0 saturated carbocycles. The minimum Gasteiger partial charge on any atom is -0.495 e. The van der Waals surface area contributed by atoms with E-state index in [4.69, 9.17) is 9.47 Å². The zero-order valence-corrected chi connectivity index (χ0v) is 14.3. The summed E-state index contributed by atoms with van der Waals surface area (Å²) in [6, 6.07) is 7.16. The molecule has 1 heterocycles. The molecule has 132 valence electrons. The van der Waals surface area contributed by atoms with Crippen molar-refractivity contribution >= 4 is 17.5 Å². The highest BCUT2D eigenvalue weighted by atomic mass is 16.5. The molecule has 24 heavy (non-hydrogen) atoms. The number of ether oxygens (including phenoxy) is 2. The third kappa shape index (κ3) is 5.21. The Balaban J connectivity index is 1.88. The van der Waals surface area contributed by atoms with Gasteiger partial charge in [-0.3, -0.25) is 19.4 Å². The molecule has 0 bridgehead atoms. The fraction of sp³-hybridized carbons (Fsp3) is 0.529. The van der Waals surface area contributed by atoms with E-state index in [2.05, 4.69) is 10.2 Å². The third-order valence-corrected chi connectivity index (χ3v) is 3.91. The van der Waals surface area contributed by atoms with E-state index in [0.29, 0.717) is 18.0 Å². The second kappa shape index (κ2) is 9.24. The summed E-state index contributed by atoms with van der Waals surface area (Å²) >= 11 is 0. The van der Waals surface area contributed by atoms with Crippen LogP contribution in [0, 0.1) is 0 Å². The Bertz CT molecular complexity index is 559. The maximum Gasteiger partial charge on any atom is 0.240 e. The van der Waals surface area contributed by atoms with Gasteiger partial charge in [0.05, 0.1) is 26.0 Å². The van der Waals surface area contributed by atoms with Crippen molar-refractivity contribution in [2.45, 2.75) is 6.92 Å². The zero-order chi connectivity index (χ0) is 17.4. The number of hydrogen-bond acceptors (Lipinski definition) is 5. The van der Waals surface area contributed by atoms with Crippen molar-refractivity contribution in [2.24, 2.45) is 0 Å². The molecule has 0 unspecified atom stereocenters. The molecule has 2 rings (SSSR count). The van der Waals surface area contributed by atoms with Gasteiger partial charge in [0.2, 0.25) is 11.8 Å². The normalized spacial score (nSPS) is 14.9. The molecule has 1 aromatic rings. The maximum atomic E-state index is 12.2. The second-order valence-corrected chi connectivity index (χ2v) is 5.58. The highest BCUT2D eigenvalue weighted by Gasteiger charge is 2.19. The van der Waals surface area contributed by atoms with Crippen LogP contribution < -0.4 is 15.0 Å². The number of carbonyl (C=O) groups excluding carboxylic acids is 2. The lowest BCUT2D eigenvalue weighted by Gasteiger charge is -2.27. The van der Waals surface area contributed by atoms with E-state index in [1.54, 1.807) is 19.2 Å². The SMILES string of the molecule is COc1ccccc1N(CC(=O)NCCN1CCOCC1)C(C)=O. The van der Waals surface area contributed by atoms with Crippen LogP contribution in [0.25, 0.3) is 0 Å². The van der Waals surface area contributed by atoms with Crippen molar-refractivity contribution in [3.8, 4) is 5.75 Å². The highest BCUT2D eigenvalue weighted by molar-refractivity contribution is 5.98. The molecule has 1 aliphatic rings. The number of hydrogen-bond donors (Lipinski definition) is 1. The van der Waals surface area contributed by atoms with Gasteiger partial charge < -0.3 is 14.8 Å². The fourth-order valence-corrected chi connectivity index (χ4v) is 2.60. The van der Waals surface area contributed by atoms with E-state index >= 15 is 0 Å². The monoisotopic (exact) mass is 335 g/mol. The van der Waals surface area contributed by atoms with Gasteiger partial charge in [-0.25, -0.2) is 0 Å². The lowest BCUT2D eigenvalue weighted by Crippen LogP contribution is -2.44. The van der Waals surface area contributed by atoms with E-state index < -0.39 is 0 Å². The smallest absolute Gasteiger partial charge is 0.240 e. The summed E-state index contributed by atoms with van der Waals surface area (Å²) in [6.07, 6.45) is 0. The predicted molar refractivity (Wildman–Crippen MR) is 91.3 cm³/mol. The minimum absolute atomic E-state index is 0.0290. The van der Waals surface area contributed by atoms with E-state index in [9.17, 15) is 9.59 Å². The van der Waals surface area contributed by atoms with Crippen LogP contribution in [0.1, 0.15) is 6.92 Å². The van der Waals surface area contributed by atoms with Crippen molar-refractivity contribution in [3.63, 3.8) is 0 Å². The first-order chi connectivity index (χ1) is 11.6. The summed E-state index contributed by atoms with van der Waals surface area (Å²) < 4.78 is 10.6. The van der Waals surface area contributed by atoms with Crippen LogP contribution in [-0.4, -0.2) is 69.8 Å². The van der Waals surface area contributed by atoms with Gasteiger partial charge in [0.25, 0.3) is 0 Å². The van der Waals surface area contributed by atoms with Gasteiger partial charge in [0.15, 0.2) is 0 Å². The first-order valence-electron chi connectivity index (χ1n) is 8.09. The van der Waals surface area contributed by atoms with Crippen molar-refractivity contribution in [2.75, 3.05) is 57.9 Å². The number of methoxy groups -OCH3 is 1. The molecular weight excluding hydrogens is 310 g/mol. The quantitative estimate of drug-likeness (QED) is 0.786. The van der Waals surface area contributed by atoms with Crippen molar-refractivity contribution < 1.29 is 19.1 Å². The van der Waals surface area contributed by atoms with Gasteiger partial charge in [0.1, 0.15) is 12.3 Å². The Hall–Kier alpha value is -2.12. The number of benzene rings is 1. The Morgan fingerprint density at radius 2 is 2.00 bits per heavy atom. The van der Waals surface area contributed by atoms with Crippen LogP contribution in [-0.2, 0) is 14.3 Å². The molecule has 0 radical (unpaired) electrons. The molecular formula is C17H25N3O4. The molecule has 1 aromatic carbocycles. The van der Waals surface area contributed by atoms with E-state index in [1.807, 2.05) is 12.1 Å². The lowest BCUT2D eigenvalue weighted by molar-refractivity contribution is -0.123. The number of nitrogens with one attached hydrogen (secondary N) is 1. The largest absolute Gasteiger partial charge is 0.495 e. The Morgan fingerprint density at radius 3 is 2.67 bits per heavy atom. The Kier molecular flexibility index (Phi) is 7.02. The van der Waals surface area contributed by atoms with Crippen molar-refractivity contribution in [1.29, 1.82) is 0 Å². The Morgan fingerprint density at radius 1 is 1.29 bits per heavy atom. The van der Waals surface area contributed by atoms with Gasteiger partial charge in [-0.05, 0) is 12.1 Å². The van der Waals surface area contributed by atoms with Gasteiger partial charge in [-0.2, -0.15) is 0 Å². The van der Waals surface area contributed by atoms with Gasteiger partial charge in [-0.15, -0.1) is 0 Å². The molecule has 1 fully saturated rings. The molecule has 0 atom stereocenters. The predicted octanol–water partition coefficient (Wildman–Crippen LogP) is 0.497. The molecule has 1 N–H and O–H groups in total. The molecule has 1 aliphatic heterocycles. The summed E-state index contributed by atoms with van der Waals surface area (Å²) in [4.78, 5) is 27.8. The van der Waals surface area contributed by atoms with Crippen LogP contribution >= 0.6 is 0 Å². The third-order valence-electron chi connectivity index (χ3n) is 3.91. The number of anilines is 1. The number of rotatable bonds is 7. The average Bonchev–Trinajstić information content (AvgIpc) is 2.60. The number of para-hydroxylation sites is 2. The van der Waals surface area contributed by atoms with E-state index in [0.717, 1.165) is 32.8 Å². The number of nitrogens with zero attached hydrogens (tertiary/aromatic N) is 2. The number of morpholine rings is 1. The molecule has 0 aliphatic carbocycles. The first kappa shape index (κ1) is 18.2. The first-order valence-corrected chi connectivity index (χ1v) is 8.09. The molecule has 2 amide bonds. The fourth-order valence-electron chi connectivity index (χ4n) is 2.60. The topological polar surface area (TPSA) is 71.1 Å². The Labute approximate surface area is 142 Å². The van der Waals surface area contributed by atoms with E-state index in [1.165, 1.54) is 11.8 Å². The summed E-state index contributed by atoms with van der Waals surface area (Å²) in [5.41, 5.74) is 0.593. The number of carbonyl (C=O) groups is 2. The molecule has 7 nitrogen and oxygen atoms in total. The average molecular weight is 335 g/mol.